The van der Waals surface area contributed by atoms with Gasteiger partial charge in [0, 0.05) is 6.42 Å². The Morgan fingerprint density at radius 2 is 0.948 bits per heavy atom. The third-order valence-corrected chi connectivity index (χ3v) is 10.9. The highest BCUT2D eigenvalue weighted by atomic mass is 16.5. The topological polar surface area (TPSA) is 95.9 Å². The van der Waals surface area contributed by atoms with Crippen LogP contribution in [0.3, 0.4) is 0 Å². The van der Waals surface area contributed by atoms with Crippen molar-refractivity contribution >= 4 is 11.9 Å². The van der Waals surface area contributed by atoms with Gasteiger partial charge in [0.1, 0.15) is 6.10 Å². The molecule has 6 nitrogen and oxygen atoms in total. The molecule has 6 heteroatoms. The number of ether oxygens (including phenoxy) is 1. The lowest BCUT2D eigenvalue weighted by molar-refractivity contribution is -0.151. The van der Waals surface area contributed by atoms with Crippen molar-refractivity contribution < 1.29 is 24.5 Å². The summed E-state index contributed by atoms with van der Waals surface area (Å²) in [4.78, 5) is 26.1. The SMILES string of the molecule is CC/C=C/C=C/C=C\C=C/CCCCCC(=O)OC(CCCCCCC/C=C\CCCCCC)CC(=O)NC(CO)C(O)CCCCCCCCCCCCCCC. The number of hydrogen-bond donors (Lipinski definition) is 3. The molecular weight excluding hydrogens is 719 g/mol. The van der Waals surface area contributed by atoms with Gasteiger partial charge >= 0.3 is 5.97 Å². The molecule has 0 heterocycles. The Balaban J connectivity index is 4.65. The Hall–Kier alpha value is -2.44. The molecule has 0 saturated heterocycles. The monoisotopic (exact) mass is 812 g/mol. The number of hydrogen-bond acceptors (Lipinski definition) is 5. The van der Waals surface area contributed by atoms with E-state index in [2.05, 4.69) is 62.5 Å². The Bertz CT molecular complexity index is 1050. The summed E-state index contributed by atoms with van der Waals surface area (Å²) in [7, 11) is 0. The molecule has 0 radical (unpaired) electrons. The van der Waals surface area contributed by atoms with Gasteiger partial charge in [-0.2, -0.15) is 0 Å². The number of carbonyl (C=O) groups excluding carboxylic acids is 2. The minimum atomic E-state index is -0.797. The molecule has 3 N–H and O–H groups in total. The first-order chi connectivity index (χ1) is 28.5. The standard InChI is InChI=1S/C52H93NO5/c1-4-7-10-13-16-19-22-25-28-31-34-37-40-43-48(58-52(57)45-42-39-36-33-30-27-24-21-18-15-12-9-6-3)46-51(56)53-49(47-54)50(55)44-41-38-35-32-29-26-23-20-17-14-11-8-5-2/h9,12,15,18-19,21-22,24,27,30,48-50,54-55H,4-8,10-11,13-14,16-17,20,23,25-26,28-29,31-47H2,1-3H3,(H,53,56)/b12-9+,18-15+,22-19-,24-21-,30-27-. The largest absolute Gasteiger partial charge is 0.462 e. The number of aliphatic hydroxyl groups excluding tert-OH is 2. The van der Waals surface area contributed by atoms with E-state index in [1.165, 1.54) is 109 Å². The second-order valence-corrected chi connectivity index (χ2v) is 16.6. The Labute approximate surface area is 358 Å². The molecule has 0 saturated carbocycles. The van der Waals surface area contributed by atoms with E-state index in [9.17, 15) is 19.8 Å². The number of allylic oxidation sites excluding steroid dienone is 10. The molecule has 0 aliphatic heterocycles. The molecule has 0 fully saturated rings. The molecule has 0 bridgehead atoms. The lowest BCUT2D eigenvalue weighted by atomic mass is 10.0. The van der Waals surface area contributed by atoms with Gasteiger partial charge in [0.15, 0.2) is 0 Å². The molecule has 58 heavy (non-hydrogen) atoms. The van der Waals surface area contributed by atoms with Crippen molar-refractivity contribution in [1.29, 1.82) is 0 Å². The lowest BCUT2D eigenvalue weighted by Crippen LogP contribution is -2.46. The summed E-state index contributed by atoms with van der Waals surface area (Å²) in [6.07, 6.45) is 55.6. The van der Waals surface area contributed by atoms with Crippen LogP contribution in [0.25, 0.3) is 0 Å². The lowest BCUT2D eigenvalue weighted by Gasteiger charge is -2.24. The van der Waals surface area contributed by atoms with Crippen molar-refractivity contribution in [3.05, 3.63) is 60.8 Å². The zero-order valence-electron chi connectivity index (χ0n) is 38.2. The number of unbranched alkanes of at least 4 members (excludes halogenated alkanes) is 24. The number of rotatable bonds is 43. The summed E-state index contributed by atoms with van der Waals surface area (Å²) in [6.45, 7) is 6.31. The highest BCUT2D eigenvalue weighted by molar-refractivity contribution is 5.77. The Kier molecular flexibility index (Phi) is 43.7. The van der Waals surface area contributed by atoms with Gasteiger partial charge in [-0.15, -0.1) is 0 Å². The first kappa shape index (κ1) is 55.6. The smallest absolute Gasteiger partial charge is 0.306 e. The average molecular weight is 812 g/mol. The fourth-order valence-electron chi connectivity index (χ4n) is 7.20. The molecule has 0 spiro atoms. The summed E-state index contributed by atoms with van der Waals surface area (Å²) in [5.41, 5.74) is 0. The molecule has 0 rings (SSSR count). The minimum absolute atomic E-state index is 0.0547. The zero-order valence-corrected chi connectivity index (χ0v) is 38.2. The summed E-state index contributed by atoms with van der Waals surface area (Å²) < 4.78 is 5.90. The number of nitrogens with one attached hydrogen (secondary N) is 1. The number of carbonyl (C=O) groups is 2. The molecule has 3 unspecified atom stereocenters. The van der Waals surface area contributed by atoms with E-state index < -0.39 is 18.2 Å². The van der Waals surface area contributed by atoms with Crippen LogP contribution in [-0.2, 0) is 14.3 Å². The van der Waals surface area contributed by atoms with Crippen LogP contribution in [-0.4, -0.2) is 46.9 Å². The quantitative estimate of drug-likeness (QED) is 0.0247. The Morgan fingerprint density at radius 1 is 0.517 bits per heavy atom. The van der Waals surface area contributed by atoms with Crippen LogP contribution in [0.5, 0.6) is 0 Å². The van der Waals surface area contributed by atoms with Crippen molar-refractivity contribution in [1.82, 2.24) is 5.32 Å². The first-order valence-electron chi connectivity index (χ1n) is 24.6. The van der Waals surface area contributed by atoms with Gasteiger partial charge < -0.3 is 20.3 Å². The molecule has 3 atom stereocenters. The highest BCUT2D eigenvalue weighted by Crippen LogP contribution is 2.17. The van der Waals surface area contributed by atoms with Gasteiger partial charge in [-0.3, -0.25) is 9.59 Å². The van der Waals surface area contributed by atoms with Gasteiger partial charge in [0.25, 0.3) is 0 Å². The van der Waals surface area contributed by atoms with E-state index >= 15 is 0 Å². The summed E-state index contributed by atoms with van der Waals surface area (Å²) >= 11 is 0. The predicted molar refractivity (Wildman–Crippen MR) is 250 cm³/mol. The Morgan fingerprint density at radius 3 is 1.48 bits per heavy atom. The highest BCUT2D eigenvalue weighted by Gasteiger charge is 2.24. The first-order valence-corrected chi connectivity index (χ1v) is 24.6. The average Bonchev–Trinajstić information content (AvgIpc) is 3.22. The van der Waals surface area contributed by atoms with Gasteiger partial charge in [-0.25, -0.2) is 0 Å². The summed E-state index contributed by atoms with van der Waals surface area (Å²) in [6, 6.07) is -0.712. The van der Waals surface area contributed by atoms with Crippen molar-refractivity contribution in [3.63, 3.8) is 0 Å². The van der Waals surface area contributed by atoms with E-state index in [0.717, 1.165) is 77.0 Å². The van der Waals surface area contributed by atoms with Crippen molar-refractivity contribution in [3.8, 4) is 0 Å². The summed E-state index contributed by atoms with van der Waals surface area (Å²) in [5.74, 6) is -0.528. The van der Waals surface area contributed by atoms with E-state index in [1.54, 1.807) is 0 Å². The second-order valence-electron chi connectivity index (χ2n) is 16.6. The van der Waals surface area contributed by atoms with Crippen LogP contribution in [0.4, 0.5) is 0 Å². The molecule has 1 amide bonds. The normalized spacial score (nSPS) is 13.8. The molecule has 0 aliphatic rings. The van der Waals surface area contributed by atoms with Crippen LogP contribution in [0.15, 0.2) is 60.8 Å². The van der Waals surface area contributed by atoms with Crippen LogP contribution in [0, 0.1) is 0 Å². The molecule has 0 aliphatic carbocycles. The fourth-order valence-corrected chi connectivity index (χ4v) is 7.20. The van der Waals surface area contributed by atoms with E-state index in [-0.39, 0.29) is 24.9 Å². The van der Waals surface area contributed by atoms with Gasteiger partial charge in [0.05, 0.1) is 25.2 Å². The number of amides is 1. The molecule has 0 aromatic heterocycles. The molecule has 0 aromatic carbocycles. The van der Waals surface area contributed by atoms with E-state index in [0.29, 0.717) is 19.3 Å². The molecular formula is C52H93NO5. The third-order valence-electron chi connectivity index (χ3n) is 10.9. The van der Waals surface area contributed by atoms with Crippen molar-refractivity contribution in [2.45, 2.75) is 251 Å². The summed E-state index contributed by atoms with van der Waals surface area (Å²) in [5, 5.41) is 23.7. The fraction of sp³-hybridized carbons (Fsp3) is 0.769. The van der Waals surface area contributed by atoms with E-state index in [1.807, 2.05) is 24.3 Å². The van der Waals surface area contributed by atoms with Crippen LogP contribution >= 0.6 is 0 Å². The van der Waals surface area contributed by atoms with Crippen LogP contribution in [0.1, 0.15) is 233 Å². The maximum absolute atomic E-state index is 13.2. The maximum Gasteiger partial charge on any atom is 0.306 e. The third kappa shape index (κ3) is 40.3. The molecule has 336 valence electrons. The van der Waals surface area contributed by atoms with Gasteiger partial charge in [-0.05, 0) is 70.6 Å². The van der Waals surface area contributed by atoms with E-state index in [4.69, 9.17) is 4.74 Å². The number of esters is 1. The van der Waals surface area contributed by atoms with Crippen LogP contribution in [0.2, 0.25) is 0 Å². The van der Waals surface area contributed by atoms with Crippen molar-refractivity contribution in [2.24, 2.45) is 0 Å². The zero-order chi connectivity index (χ0) is 42.4. The maximum atomic E-state index is 13.2. The predicted octanol–water partition coefficient (Wildman–Crippen LogP) is 14.5. The molecule has 0 aromatic rings. The minimum Gasteiger partial charge on any atom is -0.462 e. The van der Waals surface area contributed by atoms with Gasteiger partial charge in [-0.1, -0.05) is 210 Å². The van der Waals surface area contributed by atoms with Crippen molar-refractivity contribution in [2.75, 3.05) is 6.61 Å². The van der Waals surface area contributed by atoms with Gasteiger partial charge in [0.2, 0.25) is 5.91 Å². The van der Waals surface area contributed by atoms with Crippen LogP contribution < -0.4 is 5.32 Å². The second kappa shape index (κ2) is 45.6. The number of aliphatic hydroxyl groups is 2.